The van der Waals surface area contributed by atoms with E-state index >= 15 is 0 Å². The van der Waals surface area contributed by atoms with Crippen molar-refractivity contribution in [1.82, 2.24) is 4.98 Å². The quantitative estimate of drug-likeness (QED) is 0.830. The number of hydrogen-bond donors (Lipinski definition) is 1. The highest BCUT2D eigenvalue weighted by molar-refractivity contribution is 7.98. The second-order valence-electron chi connectivity index (χ2n) is 5.80. The molecule has 1 aliphatic rings. The molecule has 2 heterocycles. The van der Waals surface area contributed by atoms with Crippen LogP contribution in [-0.4, -0.2) is 10.5 Å². The summed E-state index contributed by atoms with van der Waals surface area (Å²) in [7, 11) is 0. The molecule has 0 bridgehead atoms. The van der Waals surface area contributed by atoms with Crippen molar-refractivity contribution in [2.45, 2.75) is 37.8 Å². The van der Waals surface area contributed by atoms with Gasteiger partial charge in [-0.25, -0.2) is 0 Å². The van der Waals surface area contributed by atoms with Crippen LogP contribution in [0.25, 0.3) is 10.9 Å². The summed E-state index contributed by atoms with van der Waals surface area (Å²) in [5.41, 5.74) is 5.11. The highest BCUT2D eigenvalue weighted by Gasteiger charge is 2.22. The van der Waals surface area contributed by atoms with E-state index in [4.69, 9.17) is 4.98 Å². The summed E-state index contributed by atoms with van der Waals surface area (Å²) in [5.74, 6) is 2.12. The fourth-order valence-electron chi connectivity index (χ4n) is 2.34. The van der Waals surface area contributed by atoms with Gasteiger partial charge in [0.2, 0.25) is 0 Å². The molecule has 18 heavy (non-hydrogen) atoms. The van der Waals surface area contributed by atoms with Gasteiger partial charge in [-0.15, -0.1) is 0 Å². The van der Waals surface area contributed by atoms with Crippen LogP contribution in [0.15, 0.2) is 24.3 Å². The van der Waals surface area contributed by atoms with Gasteiger partial charge in [-0.1, -0.05) is 18.2 Å². The molecule has 1 N–H and O–H groups in total. The summed E-state index contributed by atoms with van der Waals surface area (Å²) in [5, 5.41) is 4.92. The van der Waals surface area contributed by atoms with Gasteiger partial charge in [0.1, 0.15) is 0 Å². The predicted molar refractivity (Wildman–Crippen MR) is 80.1 cm³/mol. The van der Waals surface area contributed by atoms with Crippen molar-refractivity contribution in [3.8, 4) is 0 Å². The number of hydrogen-bond acceptors (Lipinski definition) is 3. The van der Waals surface area contributed by atoms with Gasteiger partial charge < -0.3 is 5.32 Å². The first kappa shape index (κ1) is 11.8. The lowest BCUT2D eigenvalue weighted by Crippen LogP contribution is -2.27. The maximum absolute atomic E-state index is 4.79. The molecule has 1 aliphatic heterocycles. The molecule has 2 aromatic rings. The number of nitrogens with zero attached hydrogens (tertiary/aromatic N) is 1. The Kier molecular flexibility index (Phi) is 2.74. The molecule has 0 radical (unpaired) electrons. The molecule has 3 rings (SSSR count). The standard InChI is InChI=1S/C15H18N2S/c1-15(2,3)17-14-10-6-4-5-7-12(10)16-13-9-18-8-11(13)14/h4-7H,8-9H2,1-3H3,(H,16,17). The minimum atomic E-state index is 0.0746. The van der Waals surface area contributed by atoms with Gasteiger partial charge in [-0.05, 0) is 26.8 Å². The maximum Gasteiger partial charge on any atom is 0.0726 e. The van der Waals surface area contributed by atoms with Crippen molar-refractivity contribution in [3.05, 3.63) is 35.5 Å². The molecule has 0 amide bonds. The van der Waals surface area contributed by atoms with Gasteiger partial charge in [0, 0.05) is 33.7 Å². The molecule has 0 saturated carbocycles. The van der Waals surface area contributed by atoms with Crippen molar-refractivity contribution < 1.29 is 0 Å². The molecule has 0 spiro atoms. The molecular formula is C15H18N2S. The summed E-state index contributed by atoms with van der Waals surface area (Å²) >= 11 is 1.95. The third-order valence-corrected chi connectivity index (χ3v) is 4.03. The van der Waals surface area contributed by atoms with E-state index < -0.39 is 0 Å². The highest BCUT2D eigenvalue weighted by atomic mass is 32.2. The predicted octanol–water partition coefficient (Wildman–Crippen LogP) is 4.19. The van der Waals surface area contributed by atoms with E-state index in [-0.39, 0.29) is 5.54 Å². The van der Waals surface area contributed by atoms with Gasteiger partial charge in [-0.3, -0.25) is 4.98 Å². The lowest BCUT2D eigenvalue weighted by Gasteiger charge is -2.25. The van der Waals surface area contributed by atoms with Crippen LogP contribution in [0.3, 0.4) is 0 Å². The molecule has 2 nitrogen and oxygen atoms in total. The SMILES string of the molecule is CC(C)(C)Nc1c2c(nc3ccccc13)CSC2. The monoisotopic (exact) mass is 258 g/mol. The summed E-state index contributed by atoms with van der Waals surface area (Å²) in [6.07, 6.45) is 0. The minimum absolute atomic E-state index is 0.0746. The van der Waals surface area contributed by atoms with Crippen LogP contribution in [0.1, 0.15) is 32.0 Å². The molecule has 94 valence electrons. The second-order valence-corrected chi connectivity index (χ2v) is 6.78. The van der Waals surface area contributed by atoms with Crippen LogP contribution in [0.5, 0.6) is 0 Å². The first-order valence-electron chi connectivity index (χ1n) is 6.31. The Morgan fingerprint density at radius 2 is 1.94 bits per heavy atom. The van der Waals surface area contributed by atoms with Crippen LogP contribution in [0.2, 0.25) is 0 Å². The second kappa shape index (κ2) is 4.16. The Morgan fingerprint density at radius 3 is 2.72 bits per heavy atom. The van der Waals surface area contributed by atoms with E-state index in [1.54, 1.807) is 0 Å². The van der Waals surface area contributed by atoms with Gasteiger partial charge >= 0.3 is 0 Å². The van der Waals surface area contributed by atoms with Crippen molar-refractivity contribution in [2.75, 3.05) is 5.32 Å². The number of fused-ring (bicyclic) bond motifs is 2. The number of thioether (sulfide) groups is 1. The molecule has 1 aromatic heterocycles. The average Bonchev–Trinajstić information content (AvgIpc) is 2.75. The van der Waals surface area contributed by atoms with Crippen molar-refractivity contribution >= 4 is 28.4 Å². The van der Waals surface area contributed by atoms with Crippen molar-refractivity contribution in [3.63, 3.8) is 0 Å². The number of aromatic nitrogens is 1. The molecule has 3 heteroatoms. The van der Waals surface area contributed by atoms with Crippen LogP contribution < -0.4 is 5.32 Å². The summed E-state index contributed by atoms with van der Waals surface area (Å²) < 4.78 is 0. The Morgan fingerprint density at radius 1 is 1.17 bits per heavy atom. The first-order chi connectivity index (χ1) is 8.54. The molecule has 0 aliphatic carbocycles. The van der Waals surface area contributed by atoms with E-state index in [9.17, 15) is 0 Å². The van der Waals surface area contributed by atoms with Crippen molar-refractivity contribution in [1.29, 1.82) is 0 Å². The lowest BCUT2D eigenvalue weighted by molar-refractivity contribution is 0.634. The van der Waals surface area contributed by atoms with E-state index in [2.05, 4.69) is 50.4 Å². The number of nitrogens with one attached hydrogen (secondary N) is 1. The smallest absolute Gasteiger partial charge is 0.0726 e. The van der Waals surface area contributed by atoms with Crippen molar-refractivity contribution in [2.24, 2.45) is 0 Å². The number of anilines is 1. The Labute approximate surface area is 112 Å². The zero-order valence-electron chi connectivity index (χ0n) is 11.1. The lowest BCUT2D eigenvalue weighted by atomic mass is 10.0. The average molecular weight is 258 g/mol. The summed E-state index contributed by atoms with van der Waals surface area (Å²) in [6, 6.07) is 8.42. The number of rotatable bonds is 1. The first-order valence-corrected chi connectivity index (χ1v) is 7.46. The Bertz CT molecular complexity index is 599. The highest BCUT2D eigenvalue weighted by Crippen LogP contribution is 2.39. The third kappa shape index (κ3) is 2.07. The molecule has 0 fully saturated rings. The number of benzene rings is 1. The maximum atomic E-state index is 4.79. The zero-order chi connectivity index (χ0) is 12.8. The fraction of sp³-hybridized carbons (Fsp3) is 0.400. The van der Waals surface area contributed by atoms with Crippen LogP contribution in [0, 0.1) is 0 Å². The number of pyridine rings is 1. The van der Waals surface area contributed by atoms with E-state index in [1.165, 1.54) is 22.3 Å². The Balaban J connectivity index is 2.26. The largest absolute Gasteiger partial charge is 0.380 e. The molecule has 0 unspecified atom stereocenters. The normalized spacial score (nSPS) is 14.8. The molecule has 1 aromatic carbocycles. The van der Waals surface area contributed by atoms with Gasteiger partial charge in [0.25, 0.3) is 0 Å². The zero-order valence-corrected chi connectivity index (χ0v) is 11.9. The molecule has 0 atom stereocenters. The fourth-order valence-corrected chi connectivity index (χ4v) is 3.39. The number of para-hydroxylation sites is 1. The van der Waals surface area contributed by atoms with E-state index in [0.717, 1.165) is 17.0 Å². The van der Waals surface area contributed by atoms with Crippen LogP contribution >= 0.6 is 11.8 Å². The minimum Gasteiger partial charge on any atom is -0.380 e. The van der Waals surface area contributed by atoms with Gasteiger partial charge in [0.05, 0.1) is 11.2 Å². The molecular weight excluding hydrogens is 240 g/mol. The van der Waals surface area contributed by atoms with Crippen LogP contribution in [0.4, 0.5) is 5.69 Å². The van der Waals surface area contributed by atoms with E-state index in [0.29, 0.717) is 0 Å². The molecule has 0 saturated heterocycles. The van der Waals surface area contributed by atoms with Gasteiger partial charge in [-0.2, -0.15) is 11.8 Å². The van der Waals surface area contributed by atoms with E-state index in [1.807, 2.05) is 11.8 Å². The summed E-state index contributed by atoms with van der Waals surface area (Å²) in [6.45, 7) is 6.62. The third-order valence-electron chi connectivity index (χ3n) is 3.06. The van der Waals surface area contributed by atoms with Gasteiger partial charge in [0.15, 0.2) is 0 Å². The Hall–Kier alpha value is -1.22. The summed E-state index contributed by atoms with van der Waals surface area (Å²) in [4.78, 5) is 4.79. The van der Waals surface area contributed by atoms with Crippen LogP contribution in [-0.2, 0) is 11.5 Å². The topological polar surface area (TPSA) is 24.9 Å².